The first-order chi connectivity index (χ1) is 15.4. The van der Waals surface area contributed by atoms with Crippen molar-refractivity contribution in [2.24, 2.45) is 0 Å². The van der Waals surface area contributed by atoms with Crippen LogP contribution in [0.1, 0.15) is 49.4 Å². The first kappa shape index (κ1) is 23.7. The Labute approximate surface area is 194 Å². The summed E-state index contributed by atoms with van der Waals surface area (Å²) in [6.45, 7) is 6.21. The van der Waals surface area contributed by atoms with Gasteiger partial charge in [0.15, 0.2) is 0 Å². The summed E-state index contributed by atoms with van der Waals surface area (Å²) in [6, 6.07) is 12.4. The van der Waals surface area contributed by atoms with Crippen LogP contribution in [0.2, 0.25) is 5.02 Å². The Balaban J connectivity index is 1.51. The molecule has 1 aliphatic carbocycles. The Bertz CT molecular complexity index is 953. The lowest BCUT2D eigenvalue weighted by atomic mass is 9.95. The lowest BCUT2D eigenvalue weighted by molar-refractivity contribution is -0.114. The summed E-state index contributed by atoms with van der Waals surface area (Å²) in [4.78, 5) is 25.0. The van der Waals surface area contributed by atoms with E-state index in [1.54, 1.807) is 42.5 Å². The van der Waals surface area contributed by atoms with Crippen molar-refractivity contribution in [2.45, 2.75) is 45.1 Å². The fraction of sp³-hybridized carbons (Fsp3) is 0.360. The maximum absolute atomic E-state index is 12.7. The minimum Gasteiger partial charge on any atom is -0.489 e. The molecular formula is C25H30ClN3O3. The smallest absolute Gasteiger partial charge is 0.253 e. The summed E-state index contributed by atoms with van der Waals surface area (Å²) in [5.74, 6) is 0.331. The summed E-state index contributed by atoms with van der Waals surface area (Å²) < 4.78 is 5.55. The second kappa shape index (κ2) is 11.6. The average Bonchev–Trinajstić information content (AvgIpc) is 2.78. The van der Waals surface area contributed by atoms with E-state index in [4.69, 9.17) is 16.3 Å². The normalized spacial score (nSPS) is 13.8. The maximum atomic E-state index is 12.7. The van der Waals surface area contributed by atoms with Crippen LogP contribution in [0, 0.1) is 0 Å². The van der Waals surface area contributed by atoms with Crippen molar-refractivity contribution in [3.63, 3.8) is 0 Å². The van der Waals surface area contributed by atoms with Crippen molar-refractivity contribution in [1.29, 1.82) is 0 Å². The van der Waals surface area contributed by atoms with E-state index < -0.39 is 0 Å². The third-order valence-electron chi connectivity index (χ3n) is 5.23. The number of anilines is 2. The third kappa shape index (κ3) is 7.31. The molecule has 0 atom stereocenters. The summed E-state index contributed by atoms with van der Waals surface area (Å²) >= 11 is 6.25. The molecule has 0 heterocycles. The molecule has 1 fully saturated rings. The molecule has 0 bridgehead atoms. The Morgan fingerprint density at radius 2 is 1.75 bits per heavy atom. The van der Waals surface area contributed by atoms with Crippen molar-refractivity contribution >= 4 is 34.8 Å². The molecule has 32 heavy (non-hydrogen) atoms. The van der Waals surface area contributed by atoms with Gasteiger partial charge in [-0.2, -0.15) is 0 Å². The highest BCUT2D eigenvalue weighted by molar-refractivity contribution is 6.34. The van der Waals surface area contributed by atoms with Crippen molar-refractivity contribution in [2.75, 3.05) is 23.8 Å². The molecule has 6 nitrogen and oxygen atoms in total. The van der Waals surface area contributed by atoms with Crippen LogP contribution in [-0.4, -0.2) is 31.0 Å². The first-order valence-electron chi connectivity index (χ1n) is 10.9. The van der Waals surface area contributed by atoms with Gasteiger partial charge in [-0.05, 0) is 67.8 Å². The second-order valence-electron chi connectivity index (χ2n) is 8.17. The topological polar surface area (TPSA) is 79.5 Å². The van der Waals surface area contributed by atoms with E-state index in [9.17, 15) is 9.59 Å². The number of rotatable bonds is 9. The van der Waals surface area contributed by atoms with Crippen LogP contribution in [0.5, 0.6) is 5.75 Å². The molecule has 0 radical (unpaired) electrons. The zero-order valence-corrected chi connectivity index (χ0v) is 19.1. The number of benzene rings is 2. The highest BCUT2D eigenvalue weighted by atomic mass is 35.5. The number of ether oxygens (including phenoxy) is 1. The molecule has 3 rings (SSSR count). The summed E-state index contributed by atoms with van der Waals surface area (Å²) in [5.41, 5.74) is 2.67. The van der Waals surface area contributed by atoms with Crippen LogP contribution in [0.15, 0.2) is 54.6 Å². The van der Waals surface area contributed by atoms with Gasteiger partial charge in [0.25, 0.3) is 5.91 Å². The molecule has 0 aromatic heterocycles. The average molecular weight is 456 g/mol. The lowest BCUT2D eigenvalue weighted by Crippen LogP contribution is -2.36. The summed E-state index contributed by atoms with van der Waals surface area (Å²) in [6.07, 6.45) is 5.51. The second-order valence-corrected chi connectivity index (χ2v) is 8.58. The molecule has 2 aromatic rings. The third-order valence-corrected chi connectivity index (χ3v) is 5.56. The molecular weight excluding hydrogens is 426 g/mol. The van der Waals surface area contributed by atoms with Crippen LogP contribution in [-0.2, 0) is 4.79 Å². The predicted octanol–water partition coefficient (Wildman–Crippen LogP) is 5.41. The maximum Gasteiger partial charge on any atom is 0.253 e. The zero-order valence-electron chi connectivity index (χ0n) is 18.4. The molecule has 3 N–H and O–H groups in total. The van der Waals surface area contributed by atoms with Crippen LogP contribution in [0.25, 0.3) is 0 Å². The van der Waals surface area contributed by atoms with Crippen LogP contribution < -0.4 is 20.7 Å². The highest BCUT2D eigenvalue weighted by Crippen LogP contribution is 2.23. The molecule has 2 aromatic carbocycles. The van der Waals surface area contributed by atoms with Crippen molar-refractivity contribution < 1.29 is 14.3 Å². The van der Waals surface area contributed by atoms with Gasteiger partial charge in [0.2, 0.25) is 5.91 Å². The molecule has 0 spiro atoms. The molecule has 170 valence electrons. The molecule has 1 aliphatic rings. The van der Waals surface area contributed by atoms with Gasteiger partial charge < -0.3 is 20.7 Å². The van der Waals surface area contributed by atoms with E-state index in [1.807, 2.05) is 6.92 Å². The van der Waals surface area contributed by atoms with Crippen molar-refractivity contribution in [3.05, 3.63) is 65.2 Å². The summed E-state index contributed by atoms with van der Waals surface area (Å²) in [7, 11) is 0. The largest absolute Gasteiger partial charge is 0.489 e. The Kier molecular flexibility index (Phi) is 8.56. The van der Waals surface area contributed by atoms with Gasteiger partial charge in [0.1, 0.15) is 12.4 Å². The minimum atomic E-state index is -0.205. The fourth-order valence-electron chi connectivity index (χ4n) is 3.55. The quantitative estimate of drug-likeness (QED) is 0.442. The van der Waals surface area contributed by atoms with Gasteiger partial charge in [-0.25, -0.2) is 0 Å². The predicted molar refractivity (Wildman–Crippen MR) is 130 cm³/mol. The van der Waals surface area contributed by atoms with E-state index >= 15 is 0 Å². The molecule has 7 heteroatoms. The SMILES string of the molecule is C=C(C)COc1ccc(NC(=O)CNc2ccc(Cl)c(C(=O)NC3CCCCC3)c2)cc1. The molecule has 2 amide bonds. The van der Waals surface area contributed by atoms with E-state index in [0.29, 0.717) is 34.3 Å². The first-order valence-corrected chi connectivity index (χ1v) is 11.3. The van der Waals surface area contributed by atoms with Gasteiger partial charge >= 0.3 is 0 Å². The van der Waals surface area contributed by atoms with E-state index in [1.165, 1.54) is 6.42 Å². The zero-order chi connectivity index (χ0) is 22.9. The van der Waals surface area contributed by atoms with Gasteiger partial charge in [0, 0.05) is 17.4 Å². The van der Waals surface area contributed by atoms with Gasteiger partial charge in [-0.15, -0.1) is 0 Å². The number of hydrogen-bond donors (Lipinski definition) is 3. The van der Waals surface area contributed by atoms with Gasteiger partial charge in [-0.1, -0.05) is 37.4 Å². The van der Waals surface area contributed by atoms with Crippen LogP contribution >= 0.6 is 11.6 Å². The Hall–Kier alpha value is -2.99. The Morgan fingerprint density at radius 3 is 2.44 bits per heavy atom. The molecule has 0 aliphatic heterocycles. The van der Waals surface area contributed by atoms with E-state index in [-0.39, 0.29) is 24.4 Å². The van der Waals surface area contributed by atoms with E-state index in [2.05, 4.69) is 22.5 Å². The van der Waals surface area contributed by atoms with Gasteiger partial charge in [-0.3, -0.25) is 9.59 Å². The number of halogens is 1. The minimum absolute atomic E-state index is 0.0548. The number of hydrogen-bond acceptors (Lipinski definition) is 4. The molecule has 1 saturated carbocycles. The number of carbonyl (C=O) groups excluding carboxylic acids is 2. The lowest BCUT2D eigenvalue weighted by Gasteiger charge is -2.23. The van der Waals surface area contributed by atoms with Crippen LogP contribution in [0.3, 0.4) is 0 Å². The standard InChI is InChI=1S/C25H30ClN3O3/c1-17(2)16-32-21-11-8-19(9-12-21)28-24(30)15-27-20-10-13-23(26)22(14-20)25(31)29-18-6-4-3-5-7-18/h8-14,18,27H,1,3-7,15-16H2,2H3,(H,28,30)(H,29,31). The van der Waals surface area contributed by atoms with E-state index in [0.717, 1.165) is 31.3 Å². The number of nitrogens with one attached hydrogen (secondary N) is 3. The monoisotopic (exact) mass is 455 g/mol. The number of amides is 2. The molecule has 0 unspecified atom stereocenters. The Morgan fingerprint density at radius 1 is 1.06 bits per heavy atom. The summed E-state index contributed by atoms with van der Waals surface area (Å²) in [5, 5.41) is 9.34. The molecule has 0 saturated heterocycles. The fourth-order valence-corrected chi connectivity index (χ4v) is 3.75. The van der Waals surface area contributed by atoms with Crippen LogP contribution in [0.4, 0.5) is 11.4 Å². The van der Waals surface area contributed by atoms with Crippen molar-refractivity contribution in [1.82, 2.24) is 5.32 Å². The number of carbonyl (C=O) groups is 2. The van der Waals surface area contributed by atoms with Gasteiger partial charge in [0.05, 0.1) is 17.1 Å². The van der Waals surface area contributed by atoms with Crippen molar-refractivity contribution in [3.8, 4) is 5.75 Å². The highest BCUT2D eigenvalue weighted by Gasteiger charge is 2.18.